The van der Waals surface area contributed by atoms with Crippen molar-refractivity contribution in [3.63, 3.8) is 0 Å². The van der Waals surface area contributed by atoms with Gasteiger partial charge >= 0.3 is 0 Å². The minimum absolute atomic E-state index is 0.118. The van der Waals surface area contributed by atoms with Gasteiger partial charge in [-0.05, 0) is 49.2 Å². The lowest BCUT2D eigenvalue weighted by Crippen LogP contribution is -2.24. The van der Waals surface area contributed by atoms with Crippen LogP contribution in [0.4, 0.5) is 5.69 Å². The summed E-state index contributed by atoms with van der Waals surface area (Å²) in [5.41, 5.74) is 2.87. The second-order valence-electron chi connectivity index (χ2n) is 5.10. The Bertz CT molecular complexity index is 663. The second kappa shape index (κ2) is 7.41. The normalized spacial score (nSPS) is 10.1. The minimum Gasteiger partial charge on any atom is -0.352 e. The summed E-state index contributed by atoms with van der Waals surface area (Å²) in [6.07, 6.45) is 0.892. The van der Waals surface area contributed by atoms with E-state index >= 15 is 0 Å². The maximum absolute atomic E-state index is 12.2. The van der Waals surface area contributed by atoms with Crippen molar-refractivity contribution in [2.45, 2.75) is 20.3 Å². The van der Waals surface area contributed by atoms with Crippen LogP contribution in [0.15, 0.2) is 48.5 Å². The van der Waals surface area contributed by atoms with E-state index in [-0.39, 0.29) is 11.8 Å². The molecule has 0 heterocycles. The van der Waals surface area contributed by atoms with Crippen LogP contribution < -0.4 is 10.6 Å². The molecule has 4 nitrogen and oxygen atoms in total. The highest BCUT2D eigenvalue weighted by Gasteiger charge is 2.09. The molecule has 0 bridgehead atoms. The summed E-state index contributed by atoms with van der Waals surface area (Å²) in [5, 5.41) is 5.68. The zero-order valence-corrected chi connectivity index (χ0v) is 12.8. The predicted molar refractivity (Wildman–Crippen MR) is 88.2 cm³/mol. The summed E-state index contributed by atoms with van der Waals surface area (Å²) >= 11 is 0. The predicted octanol–water partition coefficient (Wildman–Crippen LogP) is 3.39. The summed E-state index contributed by atoms with van der Waals surface area (Å²) in [6, 6.07) is 14.3. The fourth-order valence-electron chi connectivity index (χ4n) is 2.02. The molecule has 0 aromatic heterocycles. The molecular formula is C18H20N2O2. The number of hydrogen-bond acceptors (Lipinski definition) is 2. The Morgan fingerprint density at radius 1 is 0.909 bits per heavy atom. The fraction of sp³-hybridized carbons (Fsp3) is 0.222. The van der Waals surface area contributed by atoms with Crippen molar-refractivity contribution >= 4 is 17.5 Å². The van der Waals surface area contributed by atoms with E-state index in [4.69, 9.17) is 0 Å². The van der Waals surface area contributed by atoms with Gasteiger partial charge in [-0.25, -0.2) is 0 Å². The standard InChI is InChI=1S/C18H20N2O2/c1-3-12-19-17(21)14-8-10-15(11-9-14)18(22)20-16-7-5-4-6-13(16)2/h4-11H,3,12H2,1-2H3,(H,19,21)(H,20,22). The maximum atomic E-state index is 12.2. The van der Waals surface area contributed by atoms with Crippen LogP contribution in [0.2, 0.25) is 0 Å². The number of hydrogen-bond donors (Lipinski definition) is 2. The molecule has 4 heteroatoms. The molecule has 0 radical (unpaired) electrons. The van der Waals surface area contributed by atoms with Crippen LogP contribution in [-0.4, -0.2) is 18.4 Å². The molecule has 0 saturated heterocycles. The van der Waals surface area contributed by atoms with Crippen molar-refractivity contribution in [3.05, 3.63) is 65.2 Å². The van der Waals surface area contributed by atoms with Crippen molar-refractivity contribution in [3.8, 4) is 0 Å². The van der Waals surface area contributed by atoms with Crippen LogP contribution >= 0.6 is 0 Å². The monoisotopic (exact) mass is 296 g/mol. The molecule has 0 aliphatic rings. The van der Waals surface area contributed by atoms with Crippen LogP contribution in [0.3, 0.4) is 0 Å². The maximum Gasteiger partial charge on any atom is 0.255 e. The third-order valence-electron chi connectivity index (χ3n) is 3.34. The van der Waals surface area contributed by atoms with Crippen LogP contribution in [0.1, 0.15) is 39.6 Å². The Morgan fingerprint density at radius 2 is 1.50 bits per heavy atom. The summed E-state index contributed by atoms with van der Waals surface area (Å²) in [7, 11) is 0. The molecule has 2 N–H and O–H groups in total. The molecule has 114 valence electrons. The first-order valence-electron chi connectivity index (χ1n) is 7.37. The van der Waals surface area contributed by atoms with Crippen LogP contribution in [-0.2, 0) is 0 Å². The zero-order valence-electron chi connectivity index (χ0n) is 12.8. The molecule has 0 aliphatic carbocycles. The highest BCUT2D eigenvalue weighted by Crippen LogP contribution is 2.15. The van der Waals surface area contributed by atoms with Gasteiger partial charge in [0.05, 0.1) is 0 Å². The van der Waals surface area contributed by atoms with Crippen LogP contribution in [0.25, 0.3) is 0 Å². The fourth-order valence-corrected chi connectivity index (χ4v) is 2.02. The number of para-hydroxylation sites is 1. The number of rotatable bonds is 5. The lowest BCUT2D eigenvalue weighted by molar-refractivity contribution is 0.0951. The van der Waals surface area contributed by atoms with E-state index in [2.05, 4.69) is 10.6 Å². The molecule has 2 aromatic rings. The van der Waals surface area contributed by atoms with Gasteiger partial charge in [0.2, 0.25) is 0 Å². The van der Waals surface area contributed by atoms with E-state index in [9.17, 15) is 9.59 Å². The molecule has 0 spiro atoms. The van der Waals surface area contributed by atoms with Gasteiger partial charge in [0.15, 0.2) is 0 Å². The molecule has 2 aromatic carbocycles. The van der Waals surface area contributed by atoms with Gasteiger partial charge in [-0.3, -0.25) is 9.59 Å². The number of amides is 2. The number of anilines is 1. The third kappa shape index (κ3) is 3.95. The van der Waals surface area contributed by atoms with Gasteiger partial charge in [-0.2, -0.15) is 0 Å². The number of benzene rings is 2. The molecule has 22 heavy (non-hydrogen) atoms. The first-order chi connectivity index (χ1) is 10.6. The van der Waals surface area contributed by atoms with Crippen molar-refractivity contribution < 1.29 is 9.59 Å². The van der Waals surface area contributed by atoms with Gasteiger partial charge in [-0.15, -0.1) is 0 Å². The number of nitrogens with one attached hydrogen (secondary N) is 2. The van der Waals surface area contributed by atoms with Crippen LogP contribution in [0.5, 0.6) is 0 Å². The quantitative estimate of drug-likeness (QED) is 0.888. The Hall–Kier alpha value is -2.62. The highest BCUT2D eigenvalue weighted by atomic mass is 16.2. The van der Waals surface area contributed by atoms with Gasteiger partial charge < -0.3 is 10.6 Å². The Morgan fingerprint density at radius 3 is 2.09 bits per heavy atom. The largest absolute Gasteiger partial charge is 0.352 e. The molecular weight excluding hydrogens is 276 g/mol. The van der Waals surface area contributed by atoms with Crippen molar-refractivity contribution in [1.82, 2.24) is 5.32 Å². The van der Waals surface area contributed by atoms with E-state index < -0.39 is 0 Å². The third-order valence-corrected chi connectivity index (χ3v) is 3.34. The summed E-state index contributed by atoms with van der Waals surface area (Å²) < 4.78 is 0. The SMILES string of the molecule is CCCNC(=O)c1ccc(C(=O)Nc2ccccc2C)cc1. The first kappa shape index (κ1) is 15.8. The molecule has 2 amide bonds. The molecule has 0 unspecified atom stereocenters. The Balaban J connectivity index is 2.05. The Kier molecular flexibility index (Phi) is 5.31. The van der Waals surface area contributed by atoms with Gasteiger partial charge in [0.1, 0.15) is 0 Å². The first-order valence-corrected chi connectivity index (χ1v) is 7.37. The summed E-state index contributed by atoms with van der Waals surface area (Å²) in [4.78, 5) is 24.0. The molecule has 2 rings (SSSR count). The van der Waals surface area contributed by atoms with E-state index in [1.807, 2.05) is 38.1 Å². The minimum atomic E-state index is -0.185. The van der Waals surface area contributed by atoms with Gasteiger partial charge in [-0.1, -0.05) is 25.1 Å². The topological polar surface area (TPSA) is 58.2 Å². The Labute approximate surface area is 130 Å². The molecule has 0 aliphatic heterocycles. The molecule has 0 atom stereocenters. The summed E-state index contributed by atoms with van der Waals surface area (Å²) in [5.74, 6) is -0.303. The van der Waals surface area contributed by atoms with E-state index in [1.165, 1.54) is 0 Å². The lowest BCUT2D eigenvalue weighted by atomic mass is 10.1. The van der Waals surface area contributed by atoms with Crippen LogP contribution in [0, 0.1) is 6.92 Å². The average Bonchev–Trinajstić information content (AvgIpc) is 2.55. The number of aryl methyl sites for hydroxylation is 1. The average molecular weight is 296 g/mol. The molecule has 0 fully saturated rings. The van der Waals surface area contributed by atoms with E-state index in [0.717, 1.165) is 17.7 Å². The smallest absolute Gasteiger partial charge is 0.255 e. The molecule has 0 saturated carbocycles. The van der Waals surface area contributed by atoms with Crippen molar-refractivity contribution in [1.29, 1.82) is 0 Å². The summed E-state index contributed by atoms with van der Waals surface area (Å²) in [6.45, 7) is 4.59. The van der Waals surface area contributed by atoms with Crippen molar-refractivity contribution in [2.24, 2.45) is 0 Å². The number of carbonyl (C=O) groups excluding carboxylic acids is 2. The van der Waals surface area contributed by atoms with E-state index in [1.54, 1.807) is 24.3 Å². The highest BCUT2D eigenvalue weighted by molar-refractivity contribution is 6.05. The lowest BCUT2D eigenvalue weighted by Gasteiger charge is -2.08. The second-order valence-corrected chi connectivity index (χ2v) is 5.10. The van der Waals surface area contributed by atoms with E-state index in [0.29, 0.717) is 17.7 Å². The van der Waals surface area contributed by atoms with Gasteiger partial charge in [0.25, 0.3) is 11.8 Å². The zero-order chi connectivity index (χ0) is 15.9. The van der Waals surface area contributed by atoms with Gasteiger partial charge in [0, 0.05) is 23.4 Å². The van der Waals surface area contributed by atoms with Crippen molar-refractivity contribution in [2.75, 3.05) is 11.9 Å². The number of carbonyl (C=O) groups is 2.